The van der Waals surface area contributed by atoms with Gasteiger partial charge in [0.2, 0.25) is 5.95 Å². The molecule has 10 heteroatoms. The number of ether oxygens (including phenoxy) is 3. The first-order chi connectivity index (χ1) is 16.0. The summed E-state index contributed by atoms with van der Waals surface area (Å²) in [6.45, 7) is 6.87. The predicted octanol–water partition coefficient (Wildman–Crippen LogP) is 4.79. The first-order valence-corrected chi connectivity index (χ1v) is 12.4. The lowest BCUT2D eigenvalue weighted by Gasteiger charge is -2.30. The smallest absolute Gasteiger partial charge is 0.338 e. The SMILES string of the molecule is CCCOc1c(Br)cc(C2C(C(=O)OC3CCCCC3)=C(C)Nc3nnnn32)cc1OCC. The molecular weight excluding hydrogens is 490 g/mol. The molecular formula is C23H30BrN5O4. The number of benzene rings is 1. The lowest BCUT2D eigenvalue weighted by atomic mass is 9.94. The quantitative estimate of drug-likeness (QED) is 0.496. The summed E-state index contributed by atoms with van der Waals surface area (Å²) in [6, 6.07) is 3.25. The molecule has 9 nitrogen and oxygen atoms in total. The number of hydrogen-bond donors (Lipinski definition) is 1. The molecule has 0 saturated heterocycles. The van der Waals surface area contributed by atoms with Gasteiger partial charge in [0.05, 0.1) is 23.3 Å². The average Bonchev–Trinajstić information content (AvgIpc) is 3.26. The molecule has 1 fully saturated rings. The third-order valence-corrected chi connectivity index (χ3v) is 6.45. The van der Waals surface area contributed by atoms with Crippen LogP contribution >= 0.6 is 15.9 Å². The van der Waals surface area contributed by atoms with Gasteiger partial charge in [-0.1, -0.05) is 18.4 Å². The van der Waals surface area contributed by atoms with Crippen molar-refractivity contribution in [2.24, 2.45) is 0 Å². The van der Waals surface area contributed by atoms with E-state index in [-0.39, 0.29) is 12.1 Å². The minimum atomic E-state index is -0.567. The molecule has 1 aromatic heterocycles. The van der Waals surface area contributed by atoms with Crippen LogP contribution in [0.4, 0.5) is 5.95 Å². The second kappa shape index (κ2) is 10.5. The number of fused-ring (bicyclic) bond motifs is 1. The Kier molecular flexibility index (Phi) is 7.52. The van der Waals surface area contributed by atoms with E-state index in [9.17, 15) is 4.79 Å². The zero-order chi connectivity index (χ0) is 23.4. The van der Waals surface area contributed by atoms with Gasteiger partial charge in [0.15, 0.2) is 11.5 Å². The number of aromatic nitrogens is 4. The van der Waals surface area contributed by atoms with Crippen LogP contribution in [0.15, 0.2) is 27.9 Å². The van der Waals surface area contributed by atoms with Crippen molar-refractivity contribution in [3.63, 3.8) is 0 Å². The first kappa shape index (κ1) is 23.5. The highest BCUT2D eigenvalue weighted by atomic mass is 79.9. The van der Waals surface area contributed by atoms with Gasteiger partial charge in [0.25, 0.3) is 0 Å². The summed E-state index contributed by atoms with van der Waals surface area (Å²) in [7, 11) is 0. The van der Waals surface area contributed by atoms with E-state index in [1.807, 2.05) is 26.0 Å². The lowest BCUT2D eigenvalue weighted by molar-refractivity contribution is -0.146. The van der Waals surface area contributed by atoms with E-state index in [0.29, 0.717) is 41.9 Å². The Balaban J connectivity index is 1.75. The van der Waals surface area contributed by atoms with Crippen molar-refractivity contribution in [1.29, 1.82) is 0 Å². The Morgan fingerprint density at radius 2 is 2.00 bits per heavy atom. The summed E-state index contributed by atoms with van der Waals surface area (Å²) in [5.74, 6) is 1.35. The number of rotatable bonds is 8. The van der Waals surface area contributed by atoms with Crippen LogP contribution in [0.2, 0.25) is 0 Å². The maximum Gasteiger partial charge on any atom is 0.338 e. The minimum Gasteiger partial charge on any atom is -0.490 e. The van der Waals surface area contributed by atoms with Crippen LogP contribution in [0.25, 0.3) is 0 Å². The molecule has 1 atom stereocenters. The molecule has 1 saturated carbocycles. The fraction of sp³-hybridized carbons (Fsp3) is 0.565. The van der Waals surface area contributed by atoms with Crippen molar-refractivity contribution in [3.8, 4) is 11.5 Å². The Morgan fingerprint density at radius 3 is 2.73 bits per heavy atom. The van der Waals surface area contributed by atoms with Gasteiger partial charge in [0, 0.05) is 5.70 Å². The highest BCUT2D eigenvalue weighted by molar-refractivity contribution is 9.10. The summed E-state index contributed by atoms with van der Waals surface area (Å²) in [6.07, 6.45) is 5.97. The first-order valence-electron chi connectivity index (χ1n) is 11.6. The third-order valence-electron chi connectivity index (χ3n) is 5.86. The normalized spacial score (nSPS) is 18.5. The molecule has 1 aliphatic carbocycles. The topological polar surface area (TPSA) is 100 Å². The monoisotopic (exact) mass is 519 g/mol. The Hall–Kier alpha value is -2.62. The number of carbonyl (C=O) groups excluding carboxylic acids is 1. The van der Waals surface area contributed by atoms with E-state index < -0.39 is 6.04 Å². The molecule has 178 valence electrons. The van der Waals surface area contributed by atoms with Crippen molar-refractivity contribution in [2.75, 3.05) is 18.5 Å². The molecule has 0 bridgehead atoms. The summed E-state index contributed by atoms with van der Waals surface area (Å²) in [5.41, 5.74) is 1.94. The molecule has 4 rings (SSSR count). The highest BCUT2D eigenvalue weighted by Gasteiger charge is 2.37. The van der Waals surface area contributed by atoms with E-state index in [4.69, 9.17) is 14.2 Å². The zero-order valence-electron chi connectivity index (χ0n) is 19.3. The highest BCUT2D eigenvalue weighted by Crippen LogP contribution is 2.43. The predicted molar refractivity (Wildman–Crippen MR) is 126 cm³/mol. The number of hydrogen-bond acceptors (Lipinski definition) is 8. The Labute approximate surface area is 202 Å². The number of nitrogens with zero attached hydrogens (tertiary/aromatic N) is 4. The molecule has 1 aromatic carbocycles. The number of esters is 1. The van der Waals surface area contributed by atoms with Crippen LogP contribution in [-0.2, 0) is 9.53 Å². The summed E-state index contributed by atoms with van der Waals surface area (Å²) >= 11 is 3.63. The molecule has 2 aliphatic rings. The standard InChI is InChI=1S/C23H30BrN5O4/c1-4-11-32-21-17(24)12-15(13-18(21)31-5-2)20-19(14(3)25-23-26-27-28-29(20)23)22(30)33-16-9-7-6-8-10-16/h12-13,16,20H,4-11H2,1-3H3,(H,25,26,28). The van der Waals surface area contributed by atoms with Gasteiger partial charge < -0.3 is 19.5 Å². The molecule has 33 heavy (non-hydrogen) atoms. The van der Waals surface area contributed by atoms with Gasteiger partial charge in [0.1, 0.15) is 12.1 Å². The van der Waals surface area contributed by atoms with E-state index in [2.05, 4.69) is 43.7 Å². The fourth-order valence-corrected chi connectivity index (χ4v) is 4.91. The summed E-state index contributed by atoms with van der Waals surface area (Å²) in [5, 5.41) is 15.2. The van der Waals surface area contributed by atoms with Crippen molar-refractivity contribution < 1.29 is 19.0 Å². The second-order valence-electron chi connectivity index (χ2n) is 8.29. The molecule has 0 radical (unpaired) electrons. The fourth-order valence-electron chi connectivity index (χ4n) is 4.34. The van der Waals surface area contributed by atoms with Gasteiger partial charge in [-0.15, -0.1) is 0 Å². The second-order valence-corrected chi connectivity index (χ2v) is 9.14. The number of nitrogens with one attached hydrogen (secondary N) is 1. The number of allylic oxidation sites excluding steroid dienone is 1. The van der Waals surface area contributed by atoms with Crippen LogP contribution in [0.1, 0.15) is 70.9 Å². The van der Waals surface area contributed by atoms with Crippen molar-refractivity contribution in [3.05, 3.63) is 33.4 Å². The molecule has 2 aromatic rings. The maximum atomic E-state index is 13.4. The van der Waals surface area contributed by atoms with Crippen molar-refractivity contribution in [1.82, 2.24) is 20.2 Å². The average molecular weight is 520 g/mol. The Bertz CT molecular complexity index is 1030. The molecule has 1 N–H and O–H groups in total. The number of halogens is 1. The molecule has 2 heterocycles. The number of carbonyl (C=O) groups is 1. The van der Waals surface area contributed by atoms with Crippen LogP contribution < -0.4 is 14.8 Å². The third kappa shape index (κ3) is 5.00. The maximum absolute atomic E-state index is 13.4. The molecule has 1 aliphatic heterocycles. The van der Waals surface area contributed by atoms with Crippen molar-refractivity contribution >= 4 is 27.8 Å². The van der Waals surface area contributed by atoms with Gasteiger partial charge in [-0.25, -0.2) is 4.79 Å². The van der Waals surface area contributed by atoms with E-state index in [0.717, 1.165) is 42.1 Å². The van der Waals surface area contributed by atoms with E-state index in [1.54, 1.807) is 4.68 Å². The minimum absolute atomic E-state index is 0.0574. The van der Waals surface area contributed by atoms with Gasteiger partial charge in [-0.05, 0) is 90.0 Å². The largest absolute Gasteiger partial charge is 0.490 e. The summed E-state index contributed by atoms with van der Waals surface area (Å²) in [4.78, 5) is 13.4. The van der Waals surface area contributed by atoms with E-state index >= 15 is 0 Å². The van der Waals surface area contributed by atoms with E-state index in [1.165, 1.54) is 6.42 Å². The van der Waals surface area contributed by atoms with Crippen LogP contribution in [-0.4, -0.2) is 45.5 Å². The van der Waals surface area contributed by atoms with Crippen LogP contribution in [0, 0.1) is 0 Å². The molecule has 0 spiro atoms. The van der Waals surface area contributed by atoms with Gasteiger partial charge >= 0.3 is 5.97 Å². The lowest BCUT2D eigenvalue weighted by Crippen LogP contribution is -2.32. The summed E-state index contributed by atoms with van der Waals surface area (Å²) < 4.78 is 20.1. The number of anilines is 1. The molecule has 1 unspecified atom stereocenters. The molecule has 0 amide bonds. The Morgan fingerprint density at radius 1 is 1.21 bits per heavy atom. The number of tetrazole rings is 1. The van der Waals surface area contributed by atoms with Gasteiger partial charge in [-0.2, -0.15) is 4.68 Å². The zero-order valence-corrected chi connectivity index (χ0v) is 20.9. The van der Waals surface area contributed by atoms with Crippen molar-refractivity contribution in [2.45, 2.75) is 71.4 Å². The van der Waals surface area contributed by atoms with Crippen LogP contribution in [0.5, 0.6) is 11.5 Å². The van der Waals surface area contributed by atoms with Crippen LogP contribution in [0.3, 0.4) is 0 Å². The van der Waals surface area contributed by atoms with Gasteiger partial charge in [-0.3, -0.25) is 0 Å².